The van der Waals surface area contributed by atoms with Crippen molar-refractivity contribution in [2.75, 3.05) is 13.1 Å². The SMILES string of the molecule is C=S(=O)(c1ccc(C(=O)N/N=C\c2ccco2)cc1)N1CCCCCC1. The van der Waals surface area contributed by atoms with Crippen molar-refractivity contribution in [2.24, 2.45) is 5.10 Å². The third-order valence-electron chi connectivity index (χ3n) is 4.37. The summed E-state index contributed by atoms with van der Waals surface area (Å²) in [5.41, 5.74) is 2.88. The summed E-state index contributed by atoms with van der Waals surface area (Å²) < 4.78 is 20.2. The lowest BCUT2D eigenvalue weighted by atomic mass is 10.2. The Kier molecular flexibility index (Phi) is 5.90. The minimum Gasteiger partial charge on any atom is -0.463 e. The molecule has 1 saturated heterocycles. The lowest BCUT2D eigenvalue weighted by Crippen LogP contribution is -2.31. The second-order valence-corrected chi connectivity index (χ2v) is 8.49. The number of carbonyl (C=O) groups is 1. The van der Waals surface area contributed by atoms with Crippen LogP contribution in [0.2, 0.25) is 0 Å². The minimum atomic E-state index is -2.51. The number of furan rings is 1. The van der Waals surface area contributed by atoms with Crippen molar-refractivity contribution in [3.63, 3.8) is 0 Å². The summed E-state index contributed by atoms with van der Waals surface area (Å²) in [5, 5.41) is 3.85. The summed E-state index contributed by atoms with van der Waals surface area (Å²) in [6.07, 6.45) is 7.38. The van der Waals surface area contributed by atoms with Gasteiger partial charge in [-0.15, -0.1) is 0 Å². The van der Waals surface area contributed by atoms with E-state index in [1.165, 1.54) is 25.3 Å². The second-order valence-electron chi connectivity index (χ2n) is 6.22. The summed E-state index contributed by atoms with van der Waals surface area (Å²) in [6, 6.07) is 10.2. The first-order valence-corrected chi connectivity index (χ1v) is 10.3. The molecule has 1 aromatic heterocycles. The average Bonchev–Trinajstić information content (AvgIpc) is 3.00. The molecule has 1 fully saturated rings. The predicted molar refractivity (Wildman–Crippen MR) is 104 cm³/mol. The molecule has 3 rings (SSSR count). The van der Waals surface area contributed by atoms with Crippen molar-refractivity contribution >= 4 is 27.7 Å². The van der Waals surface area contributed by atoms with Gasteiger partial charge < -0.3 is 4.42 Å². The summed E-state index contributed by atoms with van der Waals surface area (Å²) in [6.45, 7) is 1.60. The third kappa shape index (κ3) is 4.42. The zero-order valence-electron chi connectivity index (χ0n) is 14.6. The Morgan fingerprint density at radius 1 is 1.15 bits per heavy atom. The second kappa shape index (κ2) is 8.33. The molecule has 2 aromatic rings. The fraction of sp³-hybridized carbons (Fsp3) is 0.316. The highest BCUT2D eigenvalue weighted by Gasteiger charge is 2.20. The van der Waals surface area contributed by atoms with Crippen LogP contribution in [0.1, 0.15) is 41.8 Å². The van der Waals surface area contributed by atoms with E-state index < -0.39 is 9.71 Å². The highest BCUT2D eigenvalue weighted by atomic mass is 32.2. The molecule has 1 unspecified atom stereocenters. The molecule has 0 spiro atoms. The van der Waals surface area contributed by atoms with Crippen LogP contribution in [0.5, 0.6) is 0 Å². The molecule has 6 nitrogen and oxygen atoms in total. The van der Waals surface area contributed by atoms with Crippen LogP contribution in [-0.4, -0.2) is 39.6 Å². The monoisotopic (exact) mass is 373 g/mol. The third-order valence-corrected chi connectivity index (χ3v) is 6.58. The maximum Gasteiger partial charge on any atom is 0.271 e. The molecule has 0 radical (unpaired) electrons. The van der Waals surface area contributed by atoms with Crippen LogP contribution in [0.15, 0.2) is 57.1 Å². The first-order valence-electron chi connectivity index (χ1n) is 8.67. The van der Waals surface area contributed by atoms with Gasteiger partial charge >= 0.3 is 0 Å². The summed E-state index contributed by atoms with van der Waals surface area (Å²) in [4.78, 5) is 12.8. The number of nitrogens with zero attached hydrogens (tertiary/aromatic N) is 2. The zero-order chi connectivity index (χ0) is 18.4. The molecule has 1 atom stereocenters. The molecule has 0 bridgehead atoms. The molecule has 0 aliphatic carbocycles. The number of hydrazone groups is 1. The number of hydrogen-bond donors (Lipinski definition) is 1. The Morgan fingerprint density at radius 2 is 1.85 bits per heavy atom. The van der Waals surface area contributed by atoms with Gasteiger partial charge in [0.25, 0.3) is 5.91 Å². The zero-order valence-corrected chi connectivity index (χ0v) is 15.4. The molecule has 138 valence electrons. The normalized spacial score (nSPS) is 18.3. The van der Waals surface area contributed by atoms with E-state index in [0.717, 1.165) is 25.9 Å². The molecule has 1 aromatic carbocycles. The Morgan fingerprint density at radius 3 is 2.46 bits per heavy atom. The topological polar surface area (TPSA) is 74.9 Å². The highest BCUT2D eigenvalue weighted by molar-refractivity contribution is 7.98. The number of rotatable bonds is 5. The summed E-state index contributed by atoms with van der Waals surface area (Å²) in [7, 11) is -2.51. The van der Waals surface area contributed by atoms with Crippen molar-refractivity contribution in [3.05, 3.63) is 54.0 Å². The van der Waals surface area contributed by atoms with Crippen LogP contribution in [0.4, 0.5) is 0 Å². The van der Waals surface area contributed by atoms with E-state index in [1.807, 2.05) is 4.31 Å². The quantitative estimate of drug-likeness (QED) is 0.497. The molecule has 1 N–H and O–H groups in total. The first-order chi connectivity index (χ1) is 12.6. The van der Waals surface area contributed by atoms with E-state index in [9.17, 15) is 9.00 Å². The van der Waals surface area contributed by atoms with Crippen molar-refractivity contribution < 1.29 is 13.4 Å². The van der Waals surface area contributed by atoms with Crippen LogP contribution >= 0.6 is 0 Å². The molecule has 0 saturated carbocycles. The number of nitrogens with one attached hydrogen (secondary N) is 1. The van der Waals surface area contributed by atoms with Crippen LogP contribution in [0, 0.1) is 0 Å². The van der Waals surface area contributed by atoms with E-state index in [1.54, 1.807) is 36.4 Å². The van der Waals surface area contributed by atoms with E-state index in [0.29, 0.717) is 16.2 Å². The minimum absolute atomic E-state index is 0.343. The number of benzene rings is 1. The molecule has 7 heteroatoms. The van der Waals surface area contributed by atoms with E-state index in [-0.39, 0.29) is 5.91 Å². The largest absolute Gasteiger partial charge is 0.463 e. The lowest BCUT2D eigenvalue weighted by Gasteiger charge is -2.24. The number of amides is 1. The van der Waals surface area contributed by atoms with Gasteiger partial charge in [-0.25, -0.2) is 13.9 Å². The summed E-state index contributed by atoms with van der Waals surface area (Å²) >= 11 is 0. The number of hydrogen-bond acceptors (Lipinski definition) is 4. The van der Waals surface area contributed by atoms with Gasteiger partial charge in [-0.2, -0.15) is 5.10 Å². The first kappa shape index (κ1) is 18.4. The van der Waals surface area contributed by atoms with Crippen molar-refractivity contribution in [2.45, 2.75) is 30.6 Å². The lowest BCUT2D eigenvalue weighted by molar-refractivity contribution is 0.0955. The maximum absolute atomic E-state index is 13.2. The Balaban J connectivity index is 1.66. The maximum atomic E-state index is 13.2. The van der Waals surface area contributed by atoms with E-state index in [4.69, 9.17) is 4.42 Å². The van der Waals surface area contributed by atoms with Gasteiger partial charge in [-0.1, -0.05) is 12.8 Å². The van der Waals surface area contributed by atoms with Crippen LogP contribution in [-0.2, 0) is 9.71 Å². The van der Waals surface area contributed by atoms with Gasteiger partial charge in [0.1, 0.15) is 5.76 Å². The fourth-order valence-corrected chi connectivity index (χ4v) is 4.60. The van der Waals surface area contributed by atoms with Gasteiger partial charge in [0.2, 0.25) is 0 Å². The smallest absolute Gasteiger partial charge is 0.271 e. The van der Waals surface area contributed by atoms with Crippen molar-refractivity contribution in [1.29, 1.82) is 0 Å². The van der Waals surface area contributed by atoms with Crippen LogP contribution in [0.25, 0.3) is 0 Å². The molecular weight excluding hydrogens is 350 g/mol. The average molecular weight is 373 g/mol. The van der Waals surface area contributed by atoms with Gasteiger partial charge in [-0.3, -0.25) is 4.79 Å². The standard InChI is InChI=1S/C19H23N3O3S/c1-26(24,22-12-4-2-3-5-13-22)18-10-8-16(9-11-18)19(23)21-20-15-17-7-6-14-25-17/h6-11,14-15H,1-5,12-13H2,(H,21,23)/b20-15-. The van der Waals surface area contributed by atoms with E-state index >= 15 is 0 Å². The van der Waals surface area contributed by atoms with Gasteiger partial charge in [-0.05, 0) is 55.1 Å². The van der Waals surface area contributed by atoms with Crippen molar-refractivity contribution in [1.82, 2.24) is 9.73 Å². The van der Waals surface area contributed by atoms with Gasteiger partial charge in [0.15, 0.2) is 0 Å². The molecule has 26 heavy (non-hydrogen) atoms. The van der Waals surface area contributed by atoms with Crippen molar-refractivity contribution in [3.8, 4) is 0 Å². The Labute approximate surface area is 154 Å². The van der Waals surface area contributed by atoms with Crippen LogP contribution in [0.3, 0.4) is 0 Å². The molecule has 2 heterocycles. The fourth-order valence-electron chi connectivity index (χ4n) is 2.89. The predicted octanol–water partition coefficient (Wildman–Crippen LogP) is 2.91. The Hall–Kier alpha value is -2.38. The number of carbonyl (C=O) groups excluding carboxylic acids is 1. The Bertz CT molecular complexity index is 848. The van der Waals surface area contributed by atoms with Crippen LogP contribution < -0.4 is 5.43 Å². The molecular formula is C19H23N3O3S. The van der Waals surface area contributed by atoms with E-state index in [2.05, 4.69) is 16.4 Å². The molecule has 1 aliphatic rings. The molecule has 1 aliphatic heterocycles. The highest BCUT2D eigenvalue weighted by Crippen LogP contribution is 2.20. The van der Waals surface area contributed by atoms with Gasteiger partial charge in [0, 0.05) is 23.5 Å². The van der Waals surface area contributed by atoms with Gasteiger partial charge in [0.05, 0.1) is 22.2 Å². The summed E-state index contributed by atoms with van der Waals surface area (Å²) in [5.74, 6) is 4.19. The molecule has 1 amide bonds.